The lowest BCUT2D eigenvalue weighted by Gasteiger charge is -2.25. The summed E-state index contributed by atoms with van der Waals surface area (Å²) in [7, 11) is 0. The fourth-order valence-corrected chi connectivity index (χ4v) is 4.14. The number of nitrogen functional groups attached to an aromatic ring is 2. The van der Waals surface area contributed by atoms with Crippen molar-refractivity contribution in [2.45, 2.75) is 45.5 Å². The van der Waals surface area contributed by atoms with E-state index < -0.39 is 23.8 Å². The first-order valence-corrected chi connectivity index (χ1v) is 13.5. The predicted molar refractivity (Wildman–Crippen MR) is 164 cm³/mol. The number of carbonyl (C=O) groups excluding carboxylic acids is 2. The highest BCUT2D eigenvalue weighted by atomic mass is 16.6. The summed E-state index contributed by atoms with van der Waals surface area (Å²) < 4.78 is 17.4. The van der Waals surface area contributed by atoms with E-state index >= 15 is 0 Å². The highest BCUT2D eigenvalue weighted by Crippen LogP contribution is 2.41. The van der Waals surface area contributed by atoms with E-state index in [4.69, 9.17) is 25.7 Å². The van der Waals surface area contributed by atoms with Crippen molar-refractivity contribution < 1.29 is 23.8 Å². The number of anilines is 3. The maximum atomic E-state index is 13.5. The van der Waals surface area contributed by atoms with Crippen molar-refractivity contribution in [3.05, 3.63) is 108 Å². The summed E-state index contributed by atoms with van der Waals surface area (Å²) in [6, 6.07) is 29.5. The Morgan fingerprint density at radius 3 is 2.05 bits per heavy atom. The SMILES string of the molecule is CC(C)(C)OC(=O)NNc1c(-c2ccc(N)cc2)ccc(N)c1O[C@@H](Cc1ccccc1)C(=O)OCc1ccccc1. The van der Waals surface area contributed by atoms with Crippen LogP contribution in [-0.4, -0.2) is 23.8 Å². The lowest BCUT2D eigenvalue weighted by molar-refractivity contribution is -0.153. The number of ether oxygens (including phenoxy) is 3. The lowest BCUT2D eigenvalue weighted by atomic mass is 10.0. The van der Waals surface area contributed by atoms with Gasteiger partial charge in [-0.2, -0.15) is 0 Å². The van der Waals surface area contributed by atoms with E-state index in [1.165, 1.54) is 0 Å². The molecule has 0 fully saturated rings. The molecule has 0 unspecified atom stereocenters. The number of hydrogen-bond acceptors (Lipinski definition) is 8. The summed E-state index contributed by atoms with van der Waals surface area (Å²) in [5, 5.41) is 0. The normalized spacial score (nSPS) is 11.7. The van der Waals surface area contributed by atoms with Crippen LogP contribution in [0.15, 0.2) is 97.1 Å². The smallest absolute Gasteiger partial charge is 0.426 e. The van der Waals surface area contributed by atoms with Gasteiger partial charge in [-0.05, 0) is 61.7 Å². The van der Waals surface area contributed by atoms with Crippen LogP contribution < -0.4 is 27.1 Å². The fraction of sp³-hybridized carbons (Fsp3) is 0.212. The molecule has 0 heterocycles. The van der Waals surface area contributed by atoms with E-state index in [1.54, 1.807) is 45.0 Å². The van der Waals surface area contributed by atoms with Gasteiger partial charge in [-0.15, -0.1) is 0 Å². The number of hydrogen-bond donors (Lipinski definition) is 4. The average Bonchev–Trinajstić information content (AvgIpc) is 2.96. The zero-order valence-electron chi connectivity index (χ0n) is 23.9. The van der Waals surface area contributed by atoms with Gasteiger partial charge in [-0.25, -0.2) is 15.0 Å². The average molecular weight is 569 g/mol. The number of carbonyl (C=O) groups is 2. The maximum absolute atomic E-state index is 13.5. The Kier molecular flexibility index (Phi) is 9.54. The van der Waals surface area contributed by atoms with Gasteiger partial charge in [0.2, 0.25) is 0 Å². The van der Waals surface area contributed by atoms with Crippen LogP contribution in [0.5, 0.6) is 5.75 Å². The second-order valence-corrected chi connectivity index (χ2v) is 10.7. The number of benzene rings is 4. The van der Waals surface area contributed by atoms with E-state index in [-0.39, 0.29) is 24.5 Å². The third-order valence-corrected chi connectivity index (χ3v) is 6.11. The summed E-state index contributed by atoms with van der Waals surface area (Å²) >= 11 is 0. The molecule has 0 aliphatic carbocycles. The molecule has 4 aromatic rings. The Labute approximate surface area is 245 Å². The summed E-state index contributed by atoms with van der Waals surface area (Å²) in [4.78, 5) is 26.0. The van der Waals surface area contributed by atoms with Crippen LogP contribution in [-0.2, 0) is 27.3 Å². The summed E-state index contributed by atoms with van der Waals surface area (Å²) in [5.41, 5.74) is 21.4. The largest absolute Gasteiger partial charge is 0.474 e. The molecule has 4 rings (SSSR count). The molecular formula is C33H36N4O5. The minimum absolute atomic E-state index is 0.0839. The van der Waals surface area contributed by atoms with Crippen LogP contribution in [0.3, 0.4) is 0 Å². The molecule has 6 N–H and O–H groups in total. The number of nitrogens with two attached hydrogens (primary N) is 2. The molecule has 4 aromatic carbocycles. The van der Waals surface area contributed by atoms with Gasteiger partial charge in [0, 0.05) is 17.7 Å². The predicted octanol–water partition coefficient (Wildman–Crippen LogP) is 6.10. The fourth-order valence-electron chi connectivity index (χ4n) is 4.14. The van der Waals surface area contributed by atoms with Crippen molar-refractivity contribution in [2.75, 3.05) is 16.9 Å². The number of hydrazine groups is 1. The second-order valence-electron chi connectivity index (χ2n) is 10.7. The molecule has 0 saturated heterocycles. The molecule has 0 spiro atoms. The molecule has 0 radical (unpaired) electrons. The molecule has 0 aliphatic heterocycles. The summed E-state index contributed by atoms with van der Waals surface area (Å²) in [5.74, 6) is -0.399. The van der Waals surface area contributed by atoms with E-state index in [9.17, 15) is 9.59 Å². The van der Waals surface area contributed by atoms with E-state index in [0.717, 1.165) is 16.7 Å². The van der Waals surface area contributed by atoms with Crippen LogP contribution in [0, 0.1) is 0 Å². The van der Waals surface area contributed by atoms with Gasteiger partial charge in [0.05, 0.1) is 5.69 Å². The third kappa shape index (κ3) is 8.41. The number of rotatable bonds is 10. The molecule has 1 amide bonds. The van der Waals surface area contributed by atoms with Crippen molar-refractivity contribution >= 4 is 29.1 Å². The highest BCUT2D eigenvalue weighted by molar-refractivity contribution is 5.89. The molecule has 9 heteroatoms. The standard InChI is InChI=1S/C33H36N4O5/c1-33(2,3)42-32(39)37-36-29-26(24-14-16-25(34)17-15-24)18-19-27(35)30(29)41-28(20-22-10-6-4-7-11-22)31(38)40-21-23-12-8-5-9-13-23/h4-19,28,36H,20-21,34-35H2,1-3H3,(H,37,39)/t28-/m0/s1. The van der Waals surface area contributed by atoms with Gasteiger partial charge in [-0.3, -0.25) is 5.43 Å². The van der Waals surface area contributed by atoms with Gasteiger partial charge in [0.1, 0.15) is 17.9 Å². The molecule has 0 saturated carbocycles. The Balaban J connectivity index is 1.70. The van der Waals surface area contributed by atoms with E-state index in [0.29, 0.717) is 16.9 Å². The van der Waals surface area contributed by atoms with Crippen molar-refractivity contribution in [2.24, 2.45) is 0 Å². The molecule has 1 atom stereocenters. The Morgan fingerprint density at radius 1 is 0.810 bits per heavy atom. The van der Waals surface area contributed by atoms with Gasteiger partial charge in [0.15, 0.2) is 11.9 Å². The van der Waals surface area contributed by atoms with E-state index in [2.05, 4.69) is 10.9 Å². The van der Waals surface area contributed by atoms with Crippen LogP contribution in [0.2, 0.25) is 0 Å². The second kappa shape index (κ2) is 13.5. The lowest BCUT2D eigenvalue weighted by Crippen LogP contribution is -2.36. The molecule has 0 aromatic heterocycles. The molecular weight excluding hydrogens is 532 g/mol. The minimum Gasteiger partial charge on any atom is -0.474 e. The van der Waals surface area contributed by atoms with Gasteiger partial charge in [-0.1, -0.05) is 72.8 Å². The first-order chi connectivity index (χ1) is 20.1. The van der Waals surface area contributed by atoms with Crippen LogP contribution in [0.1, 0.15) is 31.9 Å². The minimum atomic E-state index is -1.05. The number of nitrogens with one attached hydrogen (secondary N) is 2. The first-order valence-electron chi connectivity index (χ1n) is 13.5. The maximum Gasteiger partial charge on any atom is 0.426 e. The Morgan fingerprint density at radius 2 is 1.43 bits per heavy atom. The molecule has 0 aliphatic rings. The summed E-state index contributed by atoms with van der Waals surface area (Å²) in [6.07, 6.45) is -1.54. The molecule has 218 valence electrons. The van der Waals surface area contributed by atoms with Gasteiger partial charge < -0.3 is 25.7 Å². The molecule has 9 nitrogen and oxygen atoms in total. The van der Waals surface area contributed by atoms with Crippen molar-refractivity contribution in [1.29, 1.82) is 0 Å². The topological polar surface area (TPSA) is 138 Å². The Hall–Kier alpha value is -5.18. The van der Waals surface area contributed by atoms with Crippen molar-refractivity contribution in [1.82, 2.24) is 5.43 Å². The van der Waals surface area contributed by atoms with E-state index in [1.807, 2.05) is 72.8 Å². The quantitative estimate of drug-likeness (QED) is 0.102. The van der Waals surface area contributed by atoms with Crippen molar-refractivity contribution in [3.63, 3.8) is 0 Å². The molecule has 42 heavy (non-hydrogen) atoms. The van der Waals surface area contributed by atoms with Crippen molar-refractivity contribution in [3.8, 4) is 16.9 Å². The number of esters is 1. The van der Waals surface area contributed by atoms with Crippen LogP contribution in [0.25, 0.3) is 11.1 Å². The Bertz CT molecular complexity index is 1490. The van der Waals surface area contributed by atoms with Gasteiger partial charge >= 0.3 is 12.1 Å². The van der Waals surface area contributed by atoms with Gasteiger partial charge in [0.25, 0.3) is 0 Å². The van der Waals surface area contributed by atoms with Crippen LogP contribution >= 0.6 is 0 Å². The zero-order valence-corrected chi connectivity index (χ0v) is 23.9. The first kappa shape index (κ1) is 29.8. The third-order valence-electron chi connectivity index (χ3n) is 6.11. The highest BCUT2D eigenvalue weighted by Gasteiger charge is 2.27. The summed E-state index contributed by atoms with van der Waals surface area (Å²) in [6.45, 7) is 5.37. The number of amides is 1. The zero-order chi connectivity index (χ0) is 30.1. The molecule has 0 bridgehead atoms. The monoisotopic (exact) mass is 568 g/mol. The van der Waals surface area contributed by atoms with Crippen LogP contribution in [0.4, 0.5) is 21.9 Å².